The van der Waals surface area contributed by atoms with Gasteiger partial charge in [0.2, 0.25) is 0 Å². The molecule has 0 unspecified atom stereocenters. The Hall–Kier alpha value is -1.88. The number of benzene rings is 1. The molecule has 1 aromatic carbocycles. The third-order valence-corrected chi connectivity index (χ3v) is 1.97. The molecule has 1 rings (SSSR count). The monoisotopic (exact) mass is 216 g/mol. The number of ether oxygens (including phenoxy) is 2. The minimum Gasteiger partial charge on any atom is -0.494 e. The van der Waals surface area contributed by atoms with E-state index in [-0.39, 0.29) is 0 Å². The first kappa shape index (κ1) is 12.2. The summed E-state index contributed by atoms with van der Waals surface area (Å²) in [4.78, 5) is 0. The van der Waals surface area contributed by atoms with Gasteiger partial charge in [0.25, 0.3) is 0 Å². The maximum Gasteiger partial charge on any atom is 0.148 e. The molecule has 2 nitrogen and oxygen atoms in total. The van der Waals surface area contributed by atoms with E-state index >= 15 is 0 Å². The lowest BCUT2D eigenvalue weighted by Crippen LogP contribution is -1.97. The van der Waals surface area contributed by atoms with Crippen LogP contribution in [0.3, 0.4) is 0 Å². The zero-order valence-electron chi connectivity index (χ0n) is 9.32. The van der Waals surface area contributed by atoms with Gasteiger partial charge in [-0.1, -0.05) is 12.0 Å². The van der Waals surface area contributed by atoms with Crippen LogP contribution in [0.4, 0.5) is 0 Å². The summed E-state index contributed by atoms with van der Waals surface area (Å²) in [5, 5.41) is 0. The number of hydrogen-bond acceptors (Lipinski definition) is 2. The fourth-order valence-electron chi connectivity index (χ4n) is 1.17. The van der Waals surface area contributed by atoms with Gasteiger partial charge in [-0.15, -0.1) is 13.0 Å². The van der Waals surface area contributed by atoms with E-state index in [1.165, 1.54) is 0 Å². The van der Waals surface area contributed by atoms with Crippen molar-refractivity contribution in [3.05, 3.63) is 36.9 Å². The van der Waals surface area contributed by atoms with E-state index in [2.05, 4.69) is 12.5 Å². The molecule has 0 bridgehead atoms. The van der Waals surface area contributed by atoms with Crippen molar-refractivity contribution in [2.45, 2.75) is 12.8 Å². The molecule has 0 aromatic heterocycles. The van der Waals surface area contributed by atoms with Crippen molar-refractivity contribution in [3.8, 4) is 23.8 Å². The summed E-state index contributed by atoms with van der Waals surface area (Å²) in [6, 6.07) is 7.44. The Morgan fingerprint density at radius 3 is 2.38 bits per heavy atom. The number of terminal acetylenes is 1. The van der Waals surface area contributed by atoms with Gasteiger partial charge in [0, 0.05) is 0 Å². The molecule has 0 heterocycles. The van der Waals surface area contributed by atoms with Crippen LogP contribution in [0.1, 0.15) is 12.8 Å². The Morgan fingerprint density at radius 2 is 1.81 bits per heavy atom. The van der Waals surface area contributed by atoms with E-state index in [9.17, 15) is 0 Å². The normalized spacial score (nSPS) is 9.19. The van der Waals surface area contributed by atoms with E-state index in [1.54, 1.807) is 0 Å². The molecule has 16 heavy (non-hydrogen) atoms. The molecule has 0 aliphatic rings. The molecule has 0 atom stereocenters. The molecule has 0 amide bonds. The second kappa shape index (κ2) is 7.42. The third kappa shape index (κ3) is 4.56. The molecule has 0 saturated carbocycles. The summed E-state index contributed by atoms with van der Waals surface area (Å²) in [5.74, 6) is 4.02. The predicted octanol–water partition coefficient (Wildman–Crippen LogP) is 3.04. The van der Waals surface area contributed by atoms with Gasteiger partial charge < -0.3 is 9.47 Å². The first-order valence-corrected chi connectivity index (χ1v) is 5.27. The number of unbranched alkanes of at least 4 members (excludes halogenated alkanes) is 1. The Balaban J connectivity index is 2.33. The van der Waals surface area contributed by atoms with Crippen molar-refractivity contribution in [1.82, 2.24) is 0 Å². The van der Waals surface area contributed by atoms with Gasteiger partial charge in [0.1, 0.15) is 18.1 Å². The predicted molar refractivity (Wildman–Crippen MR) is 65.7 cm³/mol. The molecule has 0 radical (unpaired) electrons. The SMILES string of the molecule is C#CCOc1ccc(OCCCC=C)cc1. The zero-order chi connectivity index (χ0) is 11.6. The summed E-state index contributed by atoms with van der Waals surface area (Å²) in [5.41, 5.74) is 0. The lowest BCUT2D eigenvalue weighted by Gasteiger charge is -2.06. The highest BCUT2D eigenvalue weighted by Gasteiger charge is 1.95. The quantitative estimate of drug-likeness (QED) is 0.396. The molecular formula is C14H16O2. The Kier molecular flexibility index (Phi) is 5.65. The zero-order valence-corrected chi connectivity index (χ0v) is 9.32. The van der Waals surface area contributed by atoms with E-state index in [1.807, 2.05) is 30.3 Å². The Labute approximate surface area is 96.9 Å². The number of hydrogen-bond donors (Lipinski definition) is 0. The lowest BCUT2D eigenvalue weighted by atomic mass is 10.3. The molecule has 2 heteroatoms. The van der Waals surface area contributed by atoms with Crippen molar-refractivity contribution >= 4 is 0 Å². The lowest BCUT2D eigenvalue weighted by molar-refractivity contribution is 0.311. The standard InChI is InChI=1S/C14H16O2/c1-3-5-6-12-16-14-9-7-13(8-10-14)15-11-4-2/h2-3,7-10H,1,5-6,11-12H2. The molecule has 0 N–H and O–H groups in total. The van der Waals surface area contributed by atoms with Crippen LogP contribution in [0.5, 0.6) is 11.5 Å². The Morgan fingerprint density at radius 1 is 1.19 bits per heavy atom. The largest absolute Gasteiger partial charge is 0.494 e. The second-order valence-electron chi connectivity index (χ2n) is 3.24. The van der Waals surface area contributed by atoms with Crippen LogP contribution < -0.4 is 9.47 Å². The van der Waals surface area contributed by atoms with Gasteiger partial charge in [0.15, 0.2) is 0 Å². The topological polar surface area (TPSA) is 18.5 Å². The molecule has 0 aliphatic carbocycles. The maximum absolute atomic E-state index is 5.52. The third-order valence-electron chi connectivity index (χ3n) is 1.97. The van der Waals surface area contributed by atoms with Gasteiger partial charge in [0.05, 0.1) is 6.61 Å². The summed E-state index contributed by atoms with van der Waals surface area (Å²) in [6.07, 6.45) is 8.94. The Bertz CT molecular complexity index is 346. The van der Waals surface area contributed by atoms with Gasteiger partial charge in [-0.05, 0) is 37.1 Å². The summed E-state index contributed by atoms with van der Waals surface area (Å²) < 4.78 is 10.8. The van der Waals surface area contributed by atoms with E-state index < -0.39 is 0 Å². The first-order valence-electron chi connectivity index (χ1n) is 5.27. The van der Waals surface area contributed by atoms with Crippen LogP contribution in [0.2, 0.25) is 0 Å². The molecule has 0 aliphatic heterocycles. The molecule has 1 aromatic rings. The average molecular weight is 216 g/mol. The van der Waals surface area contributed by atoms with Crippen LogP contribution >= 0.6 is 0 Å². The fourth-order valence-corrected chi connectivity index (χ4v) is 1.17. The molecule has 0 saturated heterocycles. The first-order chi connectivity index (χ1) is 7.86. The summed E-state index contributed by atoms with van der Waals surface area (Å²) in [6.45, 7) is 4.65. The minimum atomic E-state index is 0.291. The highest BCUT2D eigenvalue weighted by atomic mass is 16.5. The molecule has 0 fully saturated rings. The van der Waals surface area contributed by atoms with Gasteiger partial charge in [-0.25, -0.2) is 0 Å². The van der Waals surface area contributed by atoms with Crippen LogP contribution in [-0.2, 0) is 0 Å². The van der Waals surface area contributed by atoms with Gasteiger partial charge in [-0.2, -0.15) is 0 Å². The minimum absolute atomic E-state index is 0.291. The molecular weight excluding hydrogens is 200 g/mol. The highest BCUT2D eigenvalue weighted by Crippen LogP contribution is 2.17. The molecule has 84 valence electrons. The smallest absolute Gasteiger partial charge is 0.148 e. The van der Waals surface area contributed by atoms with Crippen molar-refractivity contribution in [1.29, 1.82) is 0 Å². The maximum atomic E-state index is 5.52. The van der Waals surface area contributed by atoms with Crippen molar-refractivity contribution in [2.24, 2.45) is 0 Å². The van der Waals surface area contributed by atoms with Crippen LogP contribution in [0.15, 0.2) is 36.9 Å². The number of allylic oxidation sites excluding steroid dienone is 1. The van der Waals surface area contributed by atoms with Crippen LogP contribution in [0, 0.1) is 12.3 Å². The van der Waals surface area contributed by atoms with Crippen molar-refractivity contribution in [2.75, 3.05) is 13.2 Å². The van der Waals surface area contributed by atoms with Gasteiger partial charge >= 0.3 is 0 Å². The van der Waals surface area contributed by atoms with Crippen molar-refractivity contribution < 1.29 is 9.47 Å². The van der Waals surface area contributed by atoms with Crippen LogP contribution in [-0.4, -0.2) is 13.2 Å². The van der Waals surface area contributed by atoms with E-state index in [0.717, 1.165) is 24.3 Å². The summed E-state index contributed by atoms with van der Waals surface area (Å²) >= 11 is 0. The van der Waals surface area contributed by atoms with E-state index in [0.29, 0.717) is 13.2 Å². The molecule has 0 spiro atoms. The second-order valence-corrected chi connectivity index (χ2v) is 3.24. The summed E-state index contributed by atoms with van der Waals surface area (Å²) in [7, 11) is 0. The van der Waals surface area contributed by atoms with Crippen molar-refractivity contribution in [3.63, 3.8) is 0 Å². The number of rotatable bonds is 7. The highest BCUT2D eigenvalue weighted by molar-refractivity contribution is 5.31. The van der Waals surface area contributed by atoms with Crippen LogP contribution in [0.25, 0.3) is 0 Å². The van der Waals surface area contributed by atoms with Gasteiger partial charge in [-0.3, -0.25) is 0 Å². The fraction of sp³-hybridized carbons (Fsp3) is 0.286. The van der Waals surface area contributed by atoms with E-state index in [4.69, 9.17) is 15.9 Å². The average Bonchev–Trinajstić information content (AvgIpc) is 2.33.